The van der Waals surface area contributed by atoms with Crippen molar-refractivity contribution < 1.29 is 4.79 Å². The highest BCUT2D eigenvalue weighted by Gasteiger charge is 2.21. The lowest BCUT2D eigenvalue weighted by molar-refractivity contribution is 0.102. The smallest absolute Gasteiger partial charge is 0.261 e. The number of aromatic nitrogens is 4. The summed E-state index contributed by atoms with van der Waals surface area (Å²) in [7, 11) is 0. The van der Waals surface area contributed by atoms with E-state index in [0.29, 0.717) is 40.2 Å². The van der Waals surface area contributed by atoms with Crippen LogP contribution in [0.1, 0.15) is 27.2 Å². The van der Waals surface area contributed by atoms with Gasteiger partial charge in [-0.3, -0.25) is 4.79 Å². The summed E-state index contributed by atoms with van der Waals surface area (Å²) in [5.41, 5.74) is 2.74. The second-order valence-electron chi connectivity index (χ2n) is 6.96. The molecule has 0 aliphatic rings. The summed E-state index contributed by atoms with van der Waals surface area (Å²) in [4.78, 5) is 13.0. The predicted octanol–water partition coefficient (Wildman–Crippen LogP) is 5.70. The summed E-state index contributed by atoms with van der Waals surface area (Å²) in [5.74, 6) is 0.160. The van der Waals surface area contributed by atoms with Gasteiger partial charge in [0.05, 0.1) is 30.5 Å². The fraction of sp³-hybridized carbons (Fsp3) is 0.136. The van der Waals surface area contributed by atoms with Crippen molar-refractivity contribution in [2.45, 2.75) is 20.0 Å². The number of amides is 1. The van der Waals surface area contributed by atoms with Crippen LogP contribution in [0.25, 0.3) is 0 Å². The minimum atomic E-state index is -0.356. The van der Waals surface area contributed by atoms with Crippen molar-refractivity contribution in [1.82, 2.24) is 19.6 Å². The number of rotatable bonds is 6. The van der Waals surface area contributed by atoms with Crippen molar-refractivity contribution in [3.8, 4) is 0 Å². The quantitative estimate of drug-likeness (QED) is 0.390. The molecule has 2 aromatic carbocycles. The second-order valence-corrected chi connectivity index (χ2v) is 8.16. The maximum atomic E-state index is 13.0. The van der Waals surface area contributed by atoms with Crippen molar-refractivity contribution >= 4 is 46.5 Å². The van der Waals surface area contributed by atoms with Gasteiger partial charge in [0, 0.05) is 16.1 Å². The average molecular weight is 475 g/mol. The van der Waals surface area contributed by atoms with Crippen molar-refractivity contribution in [3.05, 3.63) is 98.4 Å². The number of carbonyl (C=O) groups excluding carboxylic acids is 1. The lowest BCUT2D eigenvalue weighted by Gasteiger charge is -2.10. The van der Waals surface area contributed by atoms with E-state index < -0.39 is 0 Å². The zero-order chi connectivity index (χ0) is 22.0. The molecule has 2 heterocycles. The average Bonchev–Trinajstić information content (AvgIpc) is 3.28. The van der Waals surface area contributed by atoms with Crippen LogP contribution < -0.4 is 5.32 Å². The Morgan fingerprint density at radius 3 is 2.52 bits per heavy atom. The van der Waals surface area contributed by atoms with E-state index in [4.69, 9.17) is 34.8 Å². The highest BCUT2D eigenvalue weighted by Crippen LogP contribution is 2.25. The molecule has 1 N–H and O–H groups in total. The predicted molar refractivity (Wildman–Crippen MR) is 123 cm³/mol. The SMILES string of the molecule is Cc1nn(Cc2ccccc2)c(Cl)c1C(=O)Nc1ccnn1Cc1ccc(Cl)cc1Cl. The first-order chi connectivity index (χ1) is 14.9. The Labute approximate surface area is 194 Å². The molecule has 0 radical (unpaired) electrons. The van der Waals surface area contributed by atoms with Crippen LogP contribution in [0, 0.1) is 6.92 Å². The standard InChI is InChI=1S/C22H18Cl3N5O/c1-14-20(21(25)30(28-14)12-15-5-3-2-4-6-15)22(31)27-19-9-10-26-29(19)13-16-7-8-17(23)11-18(16)24/h2-11H,12-13H2,1H3,(H,27,31). The molecular weight excluding hydrogens is 457 g/mol. The molecule has 2 aromatic heterocycles. The largest absolute Gasteiger partial charge is 0.307 e. The molecule has 1 amide bonds. The number of anilines is 1. The number of nitrogens with zero attached hydrogens (tertiary/aromatic N) is 4. The van der Waals surface area contributed by atoms with E-state index in [1.807, 2.05) is 36.4 Å². The Morgan fingerprint density at radius 2 is 1.77 bits per heavy atom. The van der Waals surface area contributed by atoms with Crippen LogP contribution >= 0.6 is 34.8 Å². The molecule has 0 saturated carbocycles. The normalized spacial score (nSPS) is 11.0. The highest BCUT2D eigenvalue weighted by molar-refractivity contribution is 6.35. The maximum Gasteiger partial charge on any atom is 0.261 e. The minimum absolute atomic E-state index is 0.283. The molecule has 9 heteroatoms. The molecule has 6 nitrogen and oxygen atoms in total. The van der Waals surface area contributed by atoms with E-state index in [9.17, 15) is 4.79 Å². The van der Waals surface area contributed by atoms with Gasteiger partial charge in [-0.2, -0.15) is 10.2 Å². The fourth-order valence-corrected chi connectivity index (χ4v) is 4.02. The molecule has 0 aliphatic carbocycles. The zero-order valence-electron chi connectivity index (χ0n) is 16.5. The third-order valence-electron chi connectivity index (χ3n) is 4.76. The van der Waals surface area contributed by atoms with E-state index in [-0.39, 0.29) is 11.1 Å². The molecule has 0 aliphatic heterocycles. The van der Waals surface area contributed by atoms with Gasteiger partial charge in [-0.1, -0.05) is 71.2 Å². The van der Waals surface area contributed by atoms with E-state index in [2.05, 4.69) is 15.5 Å². The van der Waals surface area contributed by atoms with Crippen LogP contribution in [0.15, 0.2) is 60.8 Å². The molecule has 31 heavy (non-hydrogen) atoms. The summed E-state index contributed by atoms with van der Waals surface area (Å²) in [6.45, 7) is 2.60. The van der Waals surface area contributed by atoms with Gasteiger partial charge in [-0.25, -0.2) is 9.36 Å². The van der Waals surface area contributed by atoms with E-state index in [0.717, 1.165) is 11.1 Å². The molecule has 0 unspecified atom stereocenters. The molecule has 0 saturated heterocycles. The van der Waals surface area contributed by atoms with Gasteiger partial charge in [0.15, 0.2) is 0 Å². The number of carbonyl (C=O) groups is 1. The number of hydrogen-bond acceptors (Lipinski definition) is 3. The van der Waals surface area contributed by atoms with E-state index >= 15 is 0 Å². The van der Waals surface area contributed by atoms with Gasteiger partial charge in [0.25, 0.3) is 5.91 Å². The van der Waals surface area contributed by atoms with Crippen LogP contribution in [-0.2, 0) is 13.1 Å². The Morgan fingerprint density at radius 1 is 1.00 bits per heavy atom. The summed E-state index contributed by atoms with van der Waals surface area (Å²) in [5, 5.41) is 13.0. The van der Waals surface area contributed by atoms with Crippen molar-refractivity contribution in [3.63, 3.8) is 0 Å². The summed E-state index contributed by atoms with van der Waals surface area (Å²) >= 11 is 18.7. The Kier molecular flexibility index (Phi) is 6.32. The summed E-state index contributed by atoms with van der Waals surface area (Å²) < 4.78 is 3.26. The van der Waals surface area contributed by atoms with Gasteiger partial charge in [0.2, 0.25) is 0 Å². The number of hydrogen-bond donors (Lipinski definition) is 1. The number of aryl methyl sites for hydroxylation is 1. The lowest BCUT2D eigenvalue weighted by Crippen LogP contribution is -2.17. The van der Waals surface area contributed by atoms with Crippen LogP contribution in [-0.4, -0.2) is 25.5 Å². The summed E-state index contributed by atoms with van der Waals surface area (Å²) in [6, 6.07) is 16.8. The Bertz CT molecular complexity index is 1230. The molecule has 4 rings (SSSR count). The molecule has 4 aromatic rings. The van der Waals surface area contributed by atoms with Crippen molar-refractivity contribution in [2.75, 3.05) is 5.32 Å². The number of nitrogens with one attached hydrogen (secondary N) is 1. The van der Waals surface area contributed by atoms with E-state index in [1.165, 1.54) is 0 Å². The van der Waals surface area contributed by atoms with Crippen LogP contribution in [0.2, 0.25) is 15.2 Å². The number of benzene rings is 2. The first-order valence-corrected chi connectivity index (χ1v) is 10.6. The lowest BCUT2D eigenvalue weighted by atomic mass is 10.2. The van der Waals surface area contributed by atoms with Crippen molar-refractivity contribution in [2.24, 2.45) is 0 Å². The third-order valence-corrected chi connectivity index (χ3v) is 5.73. The molecule has 0 fully saturated rings. The van der Waals surface area contributed by atoms with Crippen LogP contribution in [0.5, 0.6) is 0 Å². The number of halogens is 3. The second kappa shape index (κ2) is 9.14. The zero-order valence-corrected chi connectivity index (χ0v) is 18.8. The monoisotopic (exact) mass is 473 g/mol. The Hall–Kier alpha value is -2.80. The third kappa shape index (κ3) is 4.77. The molecule has 158 valence electrons. The van der Waals surface area contributed by atoms with Crippen LogP contribution in [0.4, 0.5) is 5.82 Å². The molecule has 0 spiro atoms. The topological polar surface area (TPSA) is 64.7 Å². The molecule has 0 bridgehead atoms. The first kappa shape index (κ1) is 21.4. The highest BCUT2D eigenvalue weighted by atomic mass is 35.5. The van der Waals surface area contributed by atoms with Gasteiger partial charge in [0.1, 0.15) is 11.0 Å². The molecule has 0 atom stereocenters. The van der Waals surface area contributed by atoms with E-state index in [1.54, 1.807) is 40.7 Å². The Balaban J connectivity index is 1.54. The van der Waals surface area contributed by atoms with Crippen LogP contribution in [0.3, 0.4) is 0 Å². The van der Waals surface area contributed by atoms with Gasteiger partial charge >= 0.3 is 0 Å². The van der Waals surface area contributed by atoms with Gasteiger partial charge < -0.3 is 5.32 Å². The summed E-state index contributed by atoms with van der Waals surface area (Å²) in [6.07, 6.45) is 1.60. The fourth-order valence-electron chi connectivity index (χ4n) is 3.23. The first-order valence-electron chi connectivity index (χ1n) is 9.46. The van der Waals surface area contributed by atoms with Gasteiger partial charge in [-0.15, -0.1) is 0 Å². The van der Waals surface area contributed by atoms with Gasteiger partial charge in [-0.05, 0) is 30.2 Å². The minimum Gasteiger partial charge on any atom is -0.307 e. The van der Waals surface area contributed by atoms with Crippen molar-refractivity contribution in [1.29, 1.82) is 0 Å². The maximum absolute atomic E-state index is 13.0. The molecular formula is C22H18Cl3N5O.